The van der Waals surface area contributed by atoms with Gasteiger partial charge in [0.2, 0.25) is 0 Å². The topological polar surface area (TPSA) is 54.9 Å². The Bertz CT molecular complexity index is 726. The Morgan fingerprint density at radius 1 is 1.15 bits per heavy atom. The van der Waals surface area contributed by atoms with Crippen molar-refractivity contribution in [3.8, 4) is 11.5 Å². The summed E-state index contributed by atoms with van der Waals surface area (Å²) in [6.07, 6.45) is 0. The van der Waals surface area contributed by atoms with Crippen LogP contribution in [0.5, 0.6) is 11.5 Å². The van der Waals surface area contributed by atoms with Crippen molar-refractivity contribution in [2.75, 3.05) is 14.2 Å². The van der Waals surface area contributed by atoms with Gasteiger partial charge in [-0.3, -0.25) is 4.99 Å². The van der Waals surface area contributed by atoms with Gasteiger partial charge in [0.25, 0.3) is 0 Å². The Labute approximate surface area is 172 Å². The maximum absolute atomic E-state index is 12.5. The summed E-state index contributed by atoms with van der Waals surface area (Å²) in [5, 5.41) is 6.35. The summed E-state index contributed by atoms with van der Waals surface area (Å²) in [6, 6.07) is 9.03. The summed E-state index contributed by atoms with van der Waals surface area (Å²) in [7, 11) is 3.08. The predicted octanol–water partition coefficient (Wildman–Crippen LogP) is 4.15. The number of hydrogen-bond acceptors (Lipinski definition) is 4. The highest BCUT2D eigenvalue weighted by Crippen LogP contribution is 2.29. The van der Waals surface area contributed by atoms with Crippen LogP contribution in [0.2, 0.25) is 0 Å². The largest absolute Gasteiger partial charge is 0.493 e. The van der Waals surface area contributed by atoms with E-state index in [1.165, 1.54) is 22.9 Å². The second kappa shape index (κ2) is 11.2. The molecule has 0 fully saturated rings. The van der Waals surface area contributed by atoms with Crippen LogP contribution in [-0.4, -0.2) is 26.7 Å². The molecule has 0 bridgehead atoms. The fourth-order valence-corrected chi connectivity index (χ4v) is 3.01. The van der Waals surface area contributed by atoms with Gasteiger partial charge in [0, 0.05) is 23.3 Å². The third kappa shape index (κ3) is 6.94. The van der Waals surface area contributed by atoms with E-state index < -0.39 is 6.61 Å². The Morgan fingerprint density at radius 2 is 1.88 bits per heavy atom. The highest BCUT2D eigenvalue weighted by atomic mass is 127. The van der Waals surface area contributed by atoms with Crippen LogP contribution in [0.25, 0.3) is 0 Å². The average Bonchev–Trinajstić information content (AvgIpc) is 3.00. The van der Waals surface area contributed by atoms with E-state index in [9.17, 15) is 8.78 Å². The zero-order chi connectivity index (χ0) is 18.2. The Morgan fingerprint density at radius 3 is 2.46 bits per heavy atom. The fraction of sp³-hybridized carbons (Fsp3) is 0.353. The summed E-state index contributed by atoms with van der Waals surface area (Å²) < 4.78 is 34.5. The molecule has 0 unspecified atom stereocenters. The maximum atomic E-state index is 12.5. The van der Waals surface area contributed by atoms with Crippen LogP contribution in [0.4, 0.5) is 8.78 Å². The van der Waals surface area contributed by atoms with Crippen molar-refractivity contribution < 1.29 is 18.3 Å². The number of aliphatic imine (C=N–C) groups is 1. The molecule has 0 aliphatic rings. The third-order valence-corrected chi connectivity index (χ3v) is 4.35. The summed E-state index contributed by atoms with van der Waals surface area (Å²) in [5.41, 5.74) is 0.770. The Hall–Kier alpha value is -1.62. The first-order chi connectivity index (χ1) is 12.0. The standard InChI is InChI=1S/C17H21F2N3O2S.HI/c1-11-4-6-13(25-11)10-22-17(20-2)21-9-12-5-7-14(23-3)15(8-12)24-16(18)19;/h4-8,16H,9-10H2,1-3H3,(H2,20,21,22);1H. The minimum absolute atomic E-state index is 0. The number of rotatable bonds is 7. The first-order valence-electron chi connectivity index (χ1n) is 7.63. The van der Waals surface area contributed by atoms with Crippen LogP contribution in [0.1, 0.15) is 15.3 Å². The normalized spacial score (nSPS) is 11.1. The summed E-state index contributed by atoms with van der Waals surface area (Å²) in [5.74, 6) is 0.895. The molecule has 9 heteroatoms. The first-order valence-corrected chi connectivity index (χ1v) is 8.45. The zero-order valence-corrected chi connectivity index (χ0v) is 17.9. The van der Waals surface area contributed by atoms with Crippen molar-refractivity contribution in [3.63, 3.8) is 0 Å². The molecule has 26 heavy (non-hydrogen) atoms. The molecule has 1 aromatic carbocycles. The lowest BCUT2D eigenvalue weighted by Crippen LogP contribution is -2.36. The van der Waals surface area contributed by atoms with E-state index in [1.54, 1.807) is 30.5 Å². The van der Waals surface area contributed by atoms with E-state index in [2.05, 4.69) is 39.4 Å². The smallest absolute Gasteiger partial charge is 0.387 e. The zero-order valence-electron chi connectivity index (χ0n) is 14.7. The molecule has 2 rings (SSSR count). The lowest BCUT2D eigenvalue weighted by molar-refractivity contribution is -0.0512. The molecule has 0 radical (unpaired) electrons. The van der Waals surface area contributed by atoms with Gasteiger partial charge in [-0.25, -0.2) is 0 Å². The van der Waals surface area contributed by atoms with E-state index in [0.29, 0.717) is 19.0 Å². The first kappa shape index (κ1) is 22.4. The van der Waals surface area contributed by atoms with Gasteiger partial charge in [0.15, 0.2) is 17.5 Å². The monoisotopic (exact) mass is 497 g/mol. The molecule has 0 aliphatic carbocycles. The average molecular weight is 497 g/mol. The summed E-state index contributed by atoms with van der Waals surface area (Å²) >= 11 is 1.72. The number of nitrogens with one attached hydrogen (secondary N) is 2. The number of guanidine groups is 1. The molecule has 0 saturated carbocycles. The van der Waals surface area contributed by atoms with Gasteiger partial charge in [-0.2, -0.15) is 8.78 Å². The molecule has 1 heterocycles. The maximum Gasteiger partial charge on any atom is 0.387 e. The van der Waals surface area contributed by atoms with E-state index in [4.69, 9.17) is 4.74 Å². The third-order valence-electron chi connectivity index (χ3n) is 3.35. The van der Waals surface area contributed by atoms with Crippen LogP contribution in [0.3, 0.4) is 0 Å². The molecule has 2 aromatic rings. The minimum atomic E-state index is -2.90. The molecule has 5 nitrogen and oxygen atoms in total. The molecule has 0 aliphatic heterocycles. The Balaban J connectivity index is 0.00000338. The van der Waals surface area contributed by atoms with E-state index in [-0.39, 0.29) is 35.5 Å². The molecule has 1 aromatic heterocycles. The molecule has 0 atom stereocenters. The van der Waals surface area contributed by atoms with Crippen molar-refractivity contribution in [2.24, 2.45) is 4.99 Å². The lowest BCUT2D eigenvalue weighted by Gasteiger charge is -2.14. The second-order valence-corrected chi connectivity index (χ2v) is 6.53. The molecular formula is C17H22F2IN3O2S. The van der Waals surface area contributed by atoms with Crippen LogP contribution in [-0.2, 0) is 13.1 Å². The van der Waals surface area contributed by atoms with Crippen molar-refractivity contribution in [2.45, 2.75) is 26.6 Å². The highest BCUT2D eigenvalue weighted by molar-refractivity contribution is 14.0. The number of aryl methyl sites for hydroxylation is 1. The lowest BCUT2D eigenvalue weighted by atomic mass is 10.2. The predicted molar refractivity (Wildman–Crippen MR) is 111 cm³/mol. The van der Waals surface area contributed by atoms with Crippen molar-refractivity contribution >= 4 is 41.3 Å². The Kier molecular flexibility index (Phi) is 9.63. The molecular weight excluding hydrogens is 475 g/mol. The number of benzene rings is 1. The fourth-order valence-electron chi connectivity index (χ4n) is 2.18. The summed E-state index contributed by atoms with van der Waals surface area (Å²) in [6.45, 7) is 0.234. The summed E-state index contributed by atoms with van der Waals surface area (Å²) in [4.78, 5) is 6.61. The number of alkyl halides is 2. The number of hydrogen-bond donors (Lipinski definition) is 2. The molecule has 0 amide bonds. The molecule has 0 spiro atoms. The SMILES string of the molecule is CN=C(NCc1ccc(OC)c(OC(F)F)c1)NCc1ccc(C)s1.I. The number of ether oxygens (including phenoxy) is 2. The number of thiophene rings is 1. The number of halogens is 3. The molecule has 144 valence electrons. The number of methoxy groups -OCH3 is 1. The van der Waals surface area contributed by atoms with Crippen molar-refractivity contribution in [1.82, 2.24) is 10.6 Å². The quantitative estimate of drug-likeness (QED) is 0.343. The highest BCUT2D eigenvalue weighted by Gasteiger charge is 2.11. The van der Waals surface area contributed by atoms with Crippen LogP contribution < -0.4 is 20.1 Å². The van der Waals surface area contributed by atoms with Crippen LogP contribution in [0.15, 0.2) is 35.3 Å². The van der Waals surface area contributed by atoms with Crippen LogP contribution >= 0.6 is 35.3 Å². The van der Waals surface area contributed by atoms with Gasteiger partial charge in [-0.15, -0.1) is 35.3 Å². The van der Waals surface area contributed by atoms with Gasteiger partial charge in [-0.1, -0.05) is 6.07 Å². The van der Waals surface area contributed by atoms with E-state index in [1.807, 2.05) is 0 Å². The van der Waals surface area contributed by atoms with Crippen molar-refractivity contribution in [3.05, 3.63) is 45.6 Å². The molecule has 2 N–H and O–H groups in total. The van der Waals surface area contributed by atoms with Gasteiger partial charge in [0.05, 0.1) is 13.7 Å². The van der Waals surface area contributed by atoms with Gasteiger partial charge in [0.1, 0.15) is 0 Å². The van der Waals surface area contributed by atoms with E-state index in [0.717, 1.165) is 5.56 Å². The van der Waals surface area contributed by atoms with Gasteiger partial charge >= 0.3 is 6.61 Å². The minimum Gasteiger partial charge on any atom is -0.493 e. The van der Waals surface area contributed by atoms with Gasteiger partial charge in [-0.05, 0) is 36.8 Å². The van der Waals surface area contributed by atoms with Gasteiger partial charge < -0.3 is 20.1 Å². The number of nitrogens with zero attached hydrogens (tertiary/aromatic N) is 1. The van der Waals surface area contributed by atoms with Crippen LogP contribution in [0, 0.1) is 6.92 Å². The molecule has 0 saturated heterocycles. The van der Waals surface area contributed by atoms with Crippen molar-refractivity contribution in [1.29, 1.82) is 0 Å². The van der Waals surface area contributed by atoms with E-state index >= 15 is 0 Å². The second-order valence-electron chi connectivity index (χ2n) is 5.16.